The zero-order valence-electron chi connectivity index (χ0n) is 12.7. The van der Waals surface area contributed by atoms with Gasteiger partial charge in [-0.25, -0.2) is 13.4 Å². The van der Waals surface area contributed by atoms with Gasteiger partial charge in [0.25, 0.3) is 10.0 Å². The van der Waals surface area contributed by atoms with Gasteiger partial charge in [0.1, 0.15) is 11.3 Å². The first kappa shape index (κ1) is 17.1. The SMILES string of the molecule is Cc1nc2cc(NS(=O)(=O)c3ccc(OC(F)(F)F)cc3)ccc2o1. The maximum absolute atomic E-state index is 12.3. The van der Waals surface area contributed by atoms with Crippen molar-refractivity contribution in [3.8, 4) is 5.75 Å². The molecule has 0 spiro atoms. The highest BCUT2D eigenvalue weighted by Gasteiger charge is 2.31. The minimum atomic E-state index is -4.84. The number of nitrogens with one attached hydrogen (secondary N) is 1. The minimum Gasteiger partial charge on any atom is -0.441 e. The lowest BCUT2D eigenvalue weighted by molar-refractivity contribution is -0.274. The number of rotatable bonds is 4. The second-order valence-corrected chi connectivity index (χ2v) is 6.72. The highest BCUT2D eigenvalue weighted by molar-refractivity contribution is 7.92. The molecule has 0 unspecified atom stereocenters. The predicted octanol–water partition coefficient (Wildman–Crippen LogP) is 3.84. The molecule has 0 atom stereocenters. The molecule has 25 heavy (non-hydrogen) atoms. The molecule has 2 aromatic carbocycles. The number of fused-ring (bicyclic) bond motifs is 1. The van der Waals surface area contributed by atoms with Crippen LogP contribution in [0.5, 0.6) is 5.75 Å². The monoisotopic (exact) mass is 372 g/mol. The normalized spacial score (nSPS) is 12.3. The lowest BCUT2D eigenvalue weighted by Crippen LogP contribution is -2.17. The Balaban J connectivity index is 1.82. The smallest absolute Gasteiger partial charge is 0.441 e. The standard InChI is InChI=1S/C15H11F3N2O4S/c1-9-19-13-8-10(2-7-14(13)23-9)20-25(21,22)12-5-3-11(4-6-12)24-15(16,17)18/h2-8,20H,1H3. The summed E-state index contributed by atoms with van der Waals surface area (Å²) in [4.78, 5) is 3.89. The van der Waals surface area contributed by atoms with E-state index in [0.29, 0.717) is 17.0 Å². The molecule has 0 radical (unpaired) electrons. The molecule has 132 valence electrons. The van der Waals surface area contributed by atoms with Crippen molar-refractivity contribution >= 4 is 26.8 Å². The van der Waals surface area contributed by atoms with Crippen LogP contribution in [0.15, 0.2) is 51.8 Å². The van der Waals surface area contributed by atoms with Crippen LogP contribution in [-0.4, -0.2) is 19.8 Å². The van der Waals surface area contributed by atoms with Gasteiger partial charge in [-0.05, 0) is 42.5 Å². The molecule has 0 amide bonds. The van der Waals surface area contributed by atoms with Crippen LogP contribution < -0.4 is 9.46 Å². The molecular formula is C15H11F3N2O4S. The Morgan fingerprint density at radius 3 is 2.44 bits per heavy atom. The summed E-state index contributed by atoms with van der Waals surface area (Å²) in [5, 5.41) is 0. The first-order valence-electron chi connectivity index (χ1n) is 6.88. The predicted molar refractivity (Wildman–Crippen MR) is 82.7 cm³/mol. The second kappa shape index (κ2) is 5.96. The van der Waals surface area contributed by atoms with Crippen molar-refractivity contribution in [3.05, 3.63) is 48.4 Å². The molecule has 1 aromatic heterocycles. The molecule has 0 aliphatic heterocycles. The fraction of sp³-hybridized carbons (Fsp3) is 0.133. The van der Waals surface area contributed by atoms with E-state index in [9.17, 15) is 21.6 Å². The van der Waals surface area contributed by atoms with Crippen LogP contribution in [0, 0.1) is 6.92 Å². The maximum Gasteiger partial charge on any atom is 0.573 e. The van der Waals surface area contributed by atoms with Gasteiger partial charge in [0, 0.05) is 6.92 Å². The summed E-state index contributed by atoms with van der Waals surface area (Å²) in [7, 11) is -3.98. The average molecular weight is 372 g/mol. The Labute approximate surface area is 140 Å². The summed E-state index contributed by atoms with van der Waals surface area (Å²) in [6.07, 6.45) is -4.84. The number of halogens is 3. The van der Waals surface area contributed by atoms with Crippen molar-refractivity contribution in [1.82, 2.24) is 4.98 Å². The van der Waals surface area contributed by atoms with E-state index in [2.05, 4.69) is 14.4 Å². The first-order valence-corrected chi connectivity index (χ1v) is 8.36. The number of hydrogen-bond acceptors (Lipinski definition) is 5. The largest absolute Gasteiger partial charge is 0.573 e. The Kier molecular flexibility index (Phi) is 4.07. The molecule has 6 nitrogen and oxygen atoms in total. The number of nitrogens with zero attached hydrogens (tertiary/aromatic N) is 1. The average Bonchev–Trinajstić information content (AvgIpc) is 2.85. The third kappa shape index (κ3) is 4.02. The summed E-state index contributed by atoms with van der Waals surface area (Å²) in [6, 6.07) is 8.42. The number of aromatic nitrogens is 1. The molecule has 1 N–H and O–H groups in total. The third-order valence-electron chi connectivity index (χ3n) is 3.11. The van der Waals surface area contributed by atoms with Gasteiger partial charge in [0.05, 0.1) is 10.6 Å². The van der Waals surface area contributed by atoms with E-state index >= 15 is 0 Å². The lowest BCUT2D eigenvalue weighted by Gasteiger charge is -2.10. The quantitative estimate of drug-likeness (QED) is 0.753. The van der Waals surface area contributed by atoms with Crippen LogP contribution in [0.1, 0.15) is 5.89 Å². The van der Waals surface area contributed by atoms with Crippen molar-refractivity contribution in [1.29, 1.82) is 0 Å². The number of benzene rings is 2. The van der Waals surface area contributed by atoms with E-state index in [1.807, 2.05) is 0 Å². The Morgan fingerprint density at radius 1 is 1.12 bits per heavy atom. The summed E-state index contributed by atoms with van der Waals surface area (Å²) in [6.45, 7) is 1.66. The van der Waals surface area contributed by atoms with Crippen molar-refractivity contribution < 1.29 is 30.7 Å². The number of anilines is 1. The van der Waals surface area contributed by atoms with Crippen LogP contribution in [0.3, 0.4) is 0 Å². The lowest BCUT2D eigenvalue weighted by atomic mass is 10.3. The van der Waals surface area contributed by atoms with Gasteiger partial charge in [-0.15, -0.1) is 13.2 Å². The molecule has 0 aliphatic rings. The van der Waals surface area contributed by atoms with Gasteiger partial charge in [0.2, 0.25) is 0 Å². The first-order chi connectivity index (χ1) is 11.6. The molecule has 0 fully saturated rings. The van der Waals surface area contributed by atoms with Gasteiger partial charge in [-0.1, -0.05) is 0 Å². The van der Waals surface area contributed by atoms with E-state index in [1.165, 1.54) is 12.1 Å². The summed E-state index contributed by atoms with van der Waals surface area (Å²) in [5.41, 5.74) is 1.23. The van der Waals surface area contributed by atoms with Gasteiger partial charge in [-0.3, -0.25) is 4.72 Å². The van der Waals surface area contributed by atoms with Gasteiger partial charge < -0.3 is 9.15 Å². The number of hydrogen-bond donors (Lipinski definition) is 1. The van der Waals surface area contributed by atoms with Gasteiger partial charge in [-0.2, -0.15) is 0 Å². The summed E-state index contributed by atoms with van der Waals surface area (Å²) < 4.78 is 72.4. The number of alkyl halides is 3. The number of ether oxygens (including phenoxy) is 1. The molecule has 0 saturated heterocycles. The maximum atomic E-state index is 12.3. The Bertz CT molecular complexity index is 1010. The highest BCUT2D eigenvalue weighted by Crippen LogP contribution is 2.26. The van der Waals surface area contributed by atoms with Crippen LogP contribution in [0.25, 0.3) is 11.1 Å². The third-order valence-corrected chi connectivity index (χ3v) is 4.51. The molecule has 3 aromatic rings. The minimum absolute atomic E-state index is 0.210. The van der Waals surface area contributed by atoms with Crippen molar-refractivity contribution in [2.75, 3.05) is 4.72 Å². The van der Waals surface area contributed by atoms with E-state index in [1.54, 1.807) is 13.0 Å². The number of aryl methyl sites for hydroxylation is 1. The van der Waals surface area contributed by atoms with Crippen molar-refractivity contribution in [3.63, 3.8) is 0 Å². The zero-order valence-corrected chi connectivity index (χ0v) is 13.5. The van der Waals surface area contributed by atoms with Crippen LogP contribution in [0.2, 0.25) is 0 Å². The highest BCUT2D eigenvalue weighted by atomic mass is 32.2. The molecule has 10 heteroatoms. The second-order valence-electron chi connectivity index (χ2n) is 5.04. The Morgan fingerprint density at radius 2 is 1.80 bits per heavy atom. The van der Waals surface area contributed by atoms with Gasteiger partial charge in [0.15, 0.2) is 11.5 Å². The van der Waals surface area contributed by atoms with Crippen molar-refractivity contribution in [2.45, 2.75) is 18.2 Å². The fourth-order valence-electron chi connectivity index (χ4n) is 2.14. The Hall–Kier alpha value is -2.75. The number of oxazole rings is 1. The molecule has 0 aliphatic carbocycles. The summed E-state index contributed by atoms with van der Waals surface area (Å²) >= 11 is 0. The molecule has 1 heterocycles. The van der Waals surface area contributed by atoms with Crippen LogP contribution >= 0.6 is 0 Å². The fourth-order valence-corrected chi connectivity index (χ4v) is 3.19. The molecular weight excluding hydrogens is 361 g/mol. The van der Waals surface area contributed by atoms with E-state index in [0.717, 1.165) is 24.3 Å². The van der Waals surface area contributed by atoms with Crippen LogP contribution in [0.4, 0.5) is 18.9 Å². The molecule has 3 rings (SSSR count). The molecule has 0 bridgehead atoms. The van der Waals surface area contributed by atoms with Crippen LogP contribution in [-0.2, 0) is 10.0 Å². The van der Waals surface area contributed by atoms with Crippen molar-refractivity contribution in [2.24, 2.45) is 0 Å². The topological polar surface area (TPSA) is 81.4 Å². The van der Waals surface area contributed by atoms with E-state index < -0.39 is 22.1 Å². The van der Waals surface area contributed by atoms with E-state index in [4.69, 9.17) is 4.42 Å². The number of sulfonamides is 1. The molecule has 0 saturated carbocycles. The van der Waals surface area contributed by atoms with E-state index in [-0.39, 0.29) is 10.6 Å². The van der Waals surface area contributed by atoms with Gasteiger partial charge >= 0.3 is 6.36 Å². The zero-order chi connectivity index (χ0) is 18.2. The summed E-state index contributed by atoms with van der Waals surface area (Å²) in [5.74, 6) is -0.0683.